The van der Waals surface area contributed by atoms with Gasteiger partial charge < -0.3 is 20.1 Å². The first kappa shape index (κ1) is 11.0. The number of nitrogens with zero attached hydrogens (tertiary/aromatic N) is 3. The Bertz CT molecular complexity index is 597. The lowest BCUT2D eigenvalue weighted by Gasteiger charge is -2.22. The Hall–Kier alpha value is -2.15. The second-order valence-electron chi connectivity index (χ2n) is 4.33. The number of hydrogen-bond donors (Lipinski definition) is 3. The first-order chi connectivity index (χ1) is 8.66. The van der Waals surface area contributed by atoms with Gasteiger partial charge in [0, 0.05) is 19.2 Å². The maximum absolute atomic E-state index is 11.2. The number of β-amino-alcohol motifs (C(OH)–C–C–N with tert-alkyl or cyclic N) is 1. The van der Waals surface area contributed by atoms with Gasteiger partial charge in [0.15, 0.2) is 0 Å². The number of hydrogen-bond acceptors (Lipinski definition) is 5. The number of aliphatic hydroxyl groups excluding tert-OH is 1. The predicted octanol–water partition coefficient (Wildman–Crippen LogP) is -0.0179. The number of aliphatic hydroxyl groups is 1. The van der Waals surface area contributed by atoms with Gasteiger partial charge in [0.05, 0.1) is 11.5 Å². The molecule has 2 aromatic rings. The van der Waals surface area contributed by atoms with Crippen LogP contribution in [0.5, 0.6) is 0 Å². The molecule has 94 valence electrons. The average Bonchev–Trinajstić information content (AvgIpc) is 2.94. The van der Waals surface area contributed by atoms with E-state index in [1.165, 1.54) is 6.33 Å². The number of aliphatic carboxylic acids is 1. The van der Waals surface area contributed by atoms with E-state index in [0.29, 0.717) is 11.5 Å². The molecule has 0 amide bonds. The molecule has 0 saturated carbocycles. The molecule has 3 rings (SSSR count). The Morgan fingerprint density at radius 1 is 1.50 bits per heavy atom. The highest BCUT2D eigenvalue weighted by molar-refractivity contribution is 5.90. The molecule has 18 heavy (non-hydrogen) atoms. The third-order valence-corrected chi connectivity index (χ3v) is 3.17. The minimum absolute atomic E-state index is 0.214. The standard InChI is InChI=1S/C11H12N4O3/c16-6-3-8(11(17)18)15(4-6)10-7-1-2-12-9(7)13-5-14-10/h1-2,5-6,8,16H,3-4H2,(H,17,18)(H,12,13,14)/t6-,8+/m0/s1. The van der Waals surface area contributed by atoms with Crippen LogP contribution >= 0.6 is 0 Å². The Morgan fingerprint density at radius 3 is 3.11 bits per heavy atom. The highest BCUT2D eigenvalue weighted by Gasteiger charge is 2.37. The summed E-state index contributed by atoms with van der Waals surface area (Å²) in [6.45, 7) is 0.272. The summed E-state index contributed by atoms with van der Waals surface area (Å²) in [7, 11) is 0. The van der Waals surface area contributed by atoms with E-state index in [9.17, 15) is 15.0 Å². The quantitative estimate of drug-likeness (QED) is 0.690. The lowest BCUT2D eigenvalue weighted by atomic mass is 10.2. The van der Waals surface area contributed by atoms with Crippen LogP contribution in [0.15, 0.2) is 18.6 Å². The molecule has 2 atom stereocenters. The fraction of sp³-hybridized carbons (Fsp3) is 0.364. The Morgan fingerprint density at radius 2 is 2.33 bits per heavy atom. The number of aromatic nitrogens is 3. The van der Waals surface area contributed by atoms with Crippen LogP contribution in [0, 0.1) is 0 Å². The van der Waals surface area contributed by atoms with Crippen LogP contribution in [-0.4, -0.2) is 49.8 Å². The fourth-order valence-electron chi connectivity index (χ4n) is 2.37. The van der Waals surface area contributed by atoms with Crippen molar-refractivity contribution in [3.05, 3.63) is 18.6 Å². The van der Waals surface area contributed by atoms with Crippen LogP contribution < -0.4 is 4.90 Å². The van der Waals surface area contributed by atoms with Gasteiger partial charge in [0.25, 0.3) is 0 Å². The van der Waals surface area contributed by atoms with E-state index in [2.05, 4.69) is 15.0 Å². The summed E-state index contributed by atoms with van der Waals surface area (Å²) in [6.07, 6.45) is 2.68. The average molecular weight is 248 g/mol. The molecule has 0 radical (unpaired) electrons. The molecule has 2 aromatic heterocycles. The van der Waals surface area contributed by atoms with E-state index in [0.717, 1.165) is 5.39 Å². The van der Waals surface area contributed by atoms with Crippen molar-refractivity contribution >= 4 is 22.8 Å². The van der Waals surface area contributed by atoms with Gasteiger partial charge in [-0.1, -0.05) is 0 Å². The highest BCUT2D eigenvalue weighted by Crippen LogP contribution is 2.29. The van der Waals surface area contributed by atoms with Gasteiger partial charge in [-0.05, 0) is 6.07 Å². The number of aromatic amines is 1. The molecule has 7 nitrogen and oxygen atoms in total. The van der Waals surface area contributed by atoms with E-state index >= 15 is 0 Å². The second kappa shape index (κ2) is 3.95. The van der Waals surface area contributed by atoms with E-state index in [1.807, 2.05) is 0 Å². The Labute approximate surface area is 102 Å². The molecule has 3 heterocycles. The van der Waals surface area contributed by atoms with Crippen LogP contribution in [0.4, 0.5) is 5.82 Å². The normalized spacial score (nSPS) is 23.7. The lowest BCUT2D eigenvalue weighted by molar-refractivity contribution is -0.138. The zero-order valence-corrected chi connectivity index (χ0v) is 9.45. The fourth-order valence-corrected chi connectivity index (χ4v) is 2.37. The molecule has 0 spiro atoms. The molecule has 0 bridgehead atoms. The Balaban J connectivity index is 2.08. The first-order valence-electron chi connectivity index (χ1n) is 5.62. The minimum atomic E-state index is -0.950. The van der Waals surface area contributed by atoms with Crippen molar-refractivity contribution in [2.24, 2.45) is 0 Å². The molecule has 7 heteroatoms. The molecule has 1 saturated heterocycles. The Kier molecular flexibility index (Phi) is 2.41. The number of rotatable bonds is 2. The van der Waals surface area contributed by atoms with E-state index < -0.39 is 18.1 Å². The number of nitrogens with one attached hydrogen (secondary N) is 1. The van der Waals surface area contributed by atoms with E-state index in [4.69, 9.17) is 0 Å². The monoisotopic (exact) mass is 248 g/mol. The second-order valence-corrected chi connectivity index (χ2v) is 4.33. The van der Waals surface area contributed by atoms with E-state index in [1.54, 1.807) is 17.2 Å². The van der Waals surface area contributed by atoms with Gasteiger partial charge in [-0.3, -0.25) is 0 Å². The molecule has 3 N–H and O–H groups in total. The summed E-state index contributed by atoms with van der Waals surface area (Å²) >= 11 is 0. The van der Waals surface area contributed by atoms with Crippen LogP contribution in [-0.2, 0) is 4.79 Å². The predicted molar refractivity (Wildman–Crippen MR) is 63.3 cm³/mol. The maximum Gasteiger partial charge on any atom is 0.326 e. The van der Waals surface area contributed by atoms with Crippen LogP contribution in [0.1, 0.15) is 6.42 Å². The van der Waals surface area contributed by atoms with Gasteiger partial charge in [0.2, 0.25) is 0 Å². The summed E-state index contributed by atoms with van der Waals surface area (Å²) in [6, 6.07) is 1.06. The molecule has 1 aliphatic heterocycles. The molecular weight excluding hydrogens is 236 g/mol. The number of carbonyl (C=O) groups is 1. The summed E-state index contributed by atoms with van der Waals surface area (Å²) < 4.78 is 0. The van der Waals surface area contributed by atoms with Crippen molar-refractivity contribution < 1.29 is 15.0 Å². The lowest BCUT2D eigenvalue weighted by Crippen LogP contribution is -2.36. The van der Waals surface area contributed by atoms with Crippen molar-refractivity contribution in [1.29, 1.82) is 0 Å². The van der Waals surface area contributed by atoms with E-state index in [-0.39, 0.29) is 13.0 Å². The van der Waals surface area contributed by atoms with Crippen molar-refractivity contribution in [3.63, 3.8) is 0 Å². The minimum Gasteiger partial charge on any atom is -0.480 e. The number of carboxylic acid groups (broad SMARTS) is 1. The smallest absolute Gasteiger partial charge is 0.326 e. The number of H-pyrrole nitrogens is 1. The first-order valence-corrected chi connectivity index (χ1v) is 5.62. The van der Waals surface area contributed by atoms with Gasteiger partial charge in [0.1, 0.15) is 23.8 Å². The van der Waals surface area contributed by atoms with Crippen molar-refractivity contribution in [2.75, 3.05) is 11.4 Å². The third-order valence-electron chi connectivity index (χ3n) is 3.17. The number of anilines is 1. The third kappa shape index (κ3) is 1.60. The molecule has 1 fully saturated rings. The van der Waals surface area contributed by atoms with Gasteiger partial charge in [-0.15, -0.1) is 0 Å². The summed E-state index contributed by atoms with van der Waals surface area (Å²) in [5, 5.41) is 19.6. The van der Waals surface area contributed by atoms with Gasteiger partial charge >= 0.3 is 5.97 Å². The SMILES string of the molecule is O=C(O)[C@H]1C[C@H](O)CN1c1ncnc2[nH]ccc12. The zero-order chi connectivity index (χ0) is 12.7. The van der Waals surface area contributed by atoms with Crippen molar-refractivity contribution in [3.8, 4) is 0 Å². The van der Waals surface area contributed by atoms with Gasteiger partial charge in [-0.25, -0.2) is 14.8 Å². The van der Waals surface area contributed by atoms with Crippen molar-refractivity contribution in [2.45, 2.75) is 18.6 Å². The van der Waals surface area contributed by atoms with Crippen LogP contribution in [0.2, 0.25) is 0 Å². The maximum atomic E-state index is 11.2. The van der Waals surface area contributed by atoms with Crippen molar-refractivity contribution in [1.82, 2.24) is 15.0 Å². The summed E-state index contributed by atoms with van der Waals surface area (Å²) in [4.78, 5) is 24.0. The van der Waals surface area contributed by atoms with Gasteiger partial charge in [-0.2, -0.15) is 0 Å². The molecule has 0 aromatic carbocycles. The molecule has 0 unspecified atom stereocenters. The van der Waals surface area contributed by atoms with Crippen LogP contribution in [0.25, 0.3) is 11.0 Å². The summed E-state index contributed by atoms with van der Waals surface area (Å²) in [5.41, 5.74) is 0.658. The molecule has 0 aliphatic carbocycles. The van der Waals surface area contributed by atoms with Crippen LogP contribution in [0.3, 0.4) is 0 Å². The number of carboxylic acids is 1. The molecule has 1 aliphatic rings. The summed E-state index contributed by atoms with van der Waals surface area (Å²) in [5.74, 6) is -0.404. The highest BCUT2D eigenvalue weighted by atomic mass is 16.4. The largest absolute Gasteiger partial charge is 0.480 e. The topological polar surface area (TPSA) is 102 Å². The number of fused-ring (bicyclic) bond motifs is 1. The molecular formula is C11H12N4O3. The zero-order valence-electron chi connectivity index (χ0n) is 9.45.